The Bertz CT molecular complexity index is 1670. The Morgan fingerprint density at radius 2 is 1.64 bits per heavy atom. The van der Waals surface area contributed by atoms with Crippen molar-refractivity contribution in [1.82, 2.24) is 25.2 Å². The fraction of sp³-hybridized carbons (Fsp3) is 0.286. The van der Waals surface area contributed by atoms with Crippen molar-refractivity contribution in [2.45, 2.75) is 31.7 Å². The normalized spacial score (nSPS) is 12.2. The molecule has 0 aliphatic heterocycles. The summed E-state index contributed by atoms with van der Waals surface area (Å²) in [5.41, 5.74) is 0.400. The molecular formula is C28H26F6N6O4. The van der Waals surface area contributed by atoms with Gasteiger partial charge in [0.15, 0.2) is 12.3 Å². The lowest BCUT2D eigenvalue weighted by atomic mass is 10.0. The minimum atomic E-state index is -4.66. The van der Waals surface area contributed by atoms with Crippen LogP contribution in [0, 0.1) is 0 Å². The fourth-order valence-electron chi connectivity index (χ4n) is 3.81. The molecule has 2 aromatic heterocycles. The Morgan fingerprint density at radius 3 is 2.32 bits per heavy atom. The van der Waals surface area contributed by atoms with Crippen LogP contribution in [0.5, 0.6) is 5.75 Å². The van der Waals surface area contributed by atoms with Gasteiger partial charge in [0.25, 0.3) is 11.8 Å². The van der Waals surface area contributed by atoms with E-state index in [1.807, 2.05) is 5.32 Å². The summed E-state index contributed by atoms with van der Waals surface area (Å²) >= 11 is 0. The summed E-state index contributed by atoms with van der Waals surface area (Å²) in [5, 5.41) is 20.8. The third-order valence-corrected chi connectivity index (χ3v) is 5.97. The maximum Gasteiger partial charge on any atom is 0.422 e. The van der Waals surface area contributed by atoms with E-state index in [-0.39, 0.29) is 35.1 Å². The summed E-state index contributed by atoms with van der Waals surface area (Å²) in [4.78, 5) is 29.1. The van der Waals surface area contributed by atoms with Gasteiger partial charge in [0.05, 0.1) is 17.8 Å². The second-order valence-electron chi connectivity index (χ2n) is 10.3. The van der Waals surface area contributed by atoms with Crippen molar-refractivity contribution in [2.75, 3.05) is 25.1 Å². The number of carbonyl (C=O) groups excluding carboxylic acids is 2. The van der Waals surface area contributed by atoms with Gasteiger partial charge in [-0.15, -0.1) is 5.10 Å². The van der Waals surface area contributed by atoms with Crippen molar-refractivity contribution in [3.8, 4) is 16.9 Å². The van der Waals surface area contributed by atoms with Crippen LogP contribution in [0.2, 0.25) is 0 Å². The summed E-state index contributed by atoms with van der Waals surface area (Å²) < 4.78 is 82.6. The summed E-state index contributed by atoms with van der Waals surface area (Å²) in [6.45, 7) is -0.357. The van der Waals surface area contributed by atoms with E-state index in [1.54, 1.807) is 32.0 Å². The Hall–Kier alpha value is -4.86. The summed E-state index contributed by atoms with van der Waals surface area (Å²) in [5.74, 6) is -1.88. The number of benzene rings is 2. The molecule has 16 heteroatoms. The highest BCUT2D eigenvalue weighted by Crippen LogP contribution is 2.31. The zero-order valence-electron chi connectivity index (χ0n) is 23.2. The maximum atomic E-state index is 13.0. The number of anilines is 2. The van der Waals surface area contributed by atoms with Gasteiger partial charge in [0, 0.05) is 22.9 Å². The van der Waals surface area contributed by atoms with Crippen molar-refractivity contribution in [1.29, 1.82) is 0 Å². The van der Waals surface area contributed by atoms with Crippen LogP contribution in [-0.4, -0.2) is 69.2 Å². The molecule has 4 rings (SSSR count). The topological polar surface area (TPSA) is 130 Å². The fourth-order valence-corrected chi connectivity index (χ4v) is 3.81. The smallest absolute Gasteiger partial charge is 0.422 e. The zero-order chi connectivity index (χ0) is 32.3. The number of alkyl halides is 6. The van der Waals surface area contributed by atoms with Crippen molar-refractivity contribution in [3.05, 3.63) is 71.9 Å². The van der Waals surface area contributed by atoms with Gasteiger partial charge < -0.3 is 25.8 Å². The molecule has 0 saturated heterocycles. The number of carbonyl (C=O) groups is 2. The third-order valence-electron chi connectivity index (χ3n) is 5.97. The molecule has 0 unspecified atom stereocenters. The minimum absolute atomic E-state index is 0.0104. The predicted molar refractivity (Wildman–Crippen MR) is 147 cm³/mol. The molecule has 0 aliphatic rings. The Morgan fingerprint density at radius 1 is 0.909 bits per heavy atom. The SMILES string of the molecule is CC(C)(CO)NC(=O)c1ccc(Nc2nc3ccc(-c4cccc(C(=O)NCC(F)(F)F)c4)cn3n2)c(OCC(F)(F)F)c1. The highest BCUT2D eigenvalue weighted by Gasteiger charge is 2.30. The van der Waals surface area contributed by atoms with Crippen LogP contribution in [0.1, 0.15) is 34.6 Å². The van der Waals surface area contributed by atoms with E-state index >= 15 is 0 Å². The lowest BCUT2D eigenvalue weighted by Gasteiger charge is -2.23. The van der Waals surface area contributed by atoms with Crippen molar-refractivity contribution in [2.24, 2.45) is 0 Å². The van der Waals surface area contributed by atoms with Gasteiger partial charge in [-0.3, -0.25) is 9.59 Å². The molecule has 0 spiro atoms. The summed E-state index contributed by atoms with van der Waals surface area (Å²) in [6.07, 6.45) is -7.68. The molecule has 0 saturated carbocycles. The average molecular weight is 625 g/mol. The van der Waals surface area contributed by atoms with Crippen molar-refractivity contribution in [3.63, 3.8) is 0 Å². The van der Waals surface area contributed by atoms with Gasteiger partial charge in [0.2, 0.25) is 5.95 Å². The molecule has 234 valence electrons. The molecular weight excluding hydrogens is 598 g/mol. The van der Waals surface area contributed by atoms with E-state index in [4.69, 9.17) is 4.74 Å². The number of hydrogen-bond acceptors (Lipinski definition) is 7. The number of aliphatic hydroxyl groups is 1. The largest absolute Gasteiger partial charge is 0.482 e. The number of aliphatic hydroxyl groups excluding tert-OH is 1. The molecule has 0 bridgehead atoms. The quantitative estimate of drug-likeness (QED) is 0.185. The van der Waals surface area contributed by atoms with E-state index in [0.29, 0.717) is 16.8 Å². The molecule has 2 amide bonds. The highest BCUT2D eigenvalue weighted by atomic mass is 19.4. The molecule has 0 radical (unpaired) electrons. The lowest BCUT2D eigenvalue weighted by molar-refractivity contribution is -0.153. The molecule has 0 atom stereocenters. The molecule has 10 nitrogen and oxygen atoms in total. The van der Waals surface area contributed by atoms with Crippen LogP contribution in [0.15, 0.2) is 60.8 Å². The predicted octanol–water partition coefficient (Wildman–Crippen LogP) is 4.87. The number of nitrogens with one attached hydrogen (secondary N) is 3. The number of hydrogen-bond donors (Lipinski definition) is 4. The van der Waals surface area contributed by atoms with Gasteiger partial charge in [-0.1, -0.05) is 12.1 Å². The number of fused-ring (bicyclic) bond motifs is 1. The van der Waals surface area contributed by atoms with Crippen molar-refractivity contribution >= 4 is 29.1 Å². The lowest BCUT2D eigenvalue weighted by Crippen LogP contribution is -2.46. The van der Waals surface area contributed by atoms with Gasteiger partial charge in [-0.05, 0) is 61.9 Å². The number of amides is 2. The van der Waals surface area contributed by atoms with Crippen LogP contribution < -0.4 is 20.7 Å². The van der Waals surface area contributed by atoms with Gasteiger partial charge in [-0.25, -0.2) is 4.52 Å². The van der Waals surface area contributed by atoms with E-state index < -0.39 is 42.9 Å². The summed E-state index contributed by atoms with van der Waals surface area (Å²) in [6, 6.07) is 12.9. The van der Waals surface area contributed by atoms with E-state index in [2.05, 4.69) is 20.7 Å². The molecule has 0 aliphatic carbocycles. The second-order valence-corrected chi connectivity index (χ2v) is 10.3. The number of halogens is 6. The highest BCUT2D eigenvalue weighted by molar-refractivity contribution is 5.96. The van der Waals surface area contributed by atoms with Gasteiger partial charge in [-0.2, -0.15) is 31.3 Å². The summed E-state index contributed by atoms with van der Waals surface area (Å²) in [7, 11) is 0. The van der Waals surface area contributed by atoms with Crippen LogP contribution in [0.4, 0.5) is 38.0 Å². The number of rotatable bonds is 10. The third kappa shape index (κ3) is 8.59. The minimum Gasteiger partial charge on any atom is -0.482 e. The first-order chi connectivity index (χ1) is 20.5. The second kappa shape index (κ2) is 12.4. The number of nitrogens with zero attached hydrogens (tertiary/aromatic N) is 3. The molecule has 0 fully saturated rings. The molecule has 4 N–H and O–H groups in total. The van der Waals surface area contributed by atoms with Crippen LogP contribution >= 0.6 is 0 Å². The maximum absolute atomic E-state index is 13.0. The van der Waals surface area contributed by atoms with E-state index in [0.717, 1.165) is 6.07 Å². The molecule has 2 heterocycles. The zero-order valence-corrected chi connectivity index (χ0v) is 23.2. The molecule has 44 heavy (non-hydrogen) atoms. The molecule has 4 aromatic rings. The first-order valence-corrected chi connectivity index (χ1v) is 12.9. The Labute approximate surface area is 246 Å². The number of ether oxygens (including phenoxy) is 1. The standard InChI is InChI=1S/C28H26F6N6O4/c1-26(2,14-41)38-24(43)18-6-8-20(21(11-18)44-15-28(32,33)34)36-25-37-22-9-7-19(12-40(22)39-25)16-4-3-5-17(10-16)23(42)35-13-27(29,30)31/h3-12,41H,13-15H2,1-2H3,(H,35,42)(H,36,39)(H,38,43). The van der Waals surface area contributed by atoms with Gasteiger partial charge in [0.1, 0.15) is 12.3 Å². The first kappa shape index (κ1) is 32.1. The molecule has 2 aromatic carbocycles. The van der Waals surface area contributed by atoms with E-state index in [1.165, 1.54) is 41.0 Å². The monoisotopic (exact) mass is 624 g/mol. The number of pyridine rings is 1. The van der Waals surface area contributed by atoms with Crippen LogP contribution in [0.3, 0.4) is 0 Å². The Balaban J connectivity index is 1.58. The first-order valence-electron chi connectivity index (χ1n) is 12.9. The van der Waals surface area contributed by atoms with Crippen LogP contribution in [-0.2, 0) is 0 Å². The Kier molecular flexibility index (Phi) is 9.03. The average Bonchev–Trinajstić information content (AvgIpc) is 3.36. The van der Waals surface area contributed by atoms with Crippen molar-refractivity contribution < 1.29 is 45.8 Å². The van der Waals surface area contributed by atoms with E-state index in [9.17, 15) is 41.0 Å². The van der Waals surface area contributed by atoms with Gasteiger partial charge >= 0.3 is 12.4 Å². The van der Waals surface area contributed by atoms with Crippen LogP contribution in [0.25, 0.3) is 16.8 Å². The number of aromatic nitrogens is 3.